The Morgan fingerprint density at radius 3 is 2.81 bits per heavy atom. The lowest BCUT2D eigenvalue weighted by Crippen LogP contribution is -2.27. The molecular weight excluding hydrogens is 326 g/mol. The Hall–Kier alpha value is -2.89. The van der Waals surface area contributed by atoms with Crippen LogP contribution >= 0.6 is 0 Å². The number of nitrogens with one attached hydrogen (secondary N) is 2. The molecule has 0 atom stereocenters. The Bertz CT molecular complexity index is 910. The van der Waals surface area contributed by atoms with E-state index in [-0.39, 0.29) is 5.91 Å². The minimum atomic E-state index is -0.179. The predicted octanol–water partition coefficient (Wildman–Crippen LogP) is 2.84. The van der Waals surface area contributed by atoms with Gasteiger partial charge in [0, 0.05) is 36.7 Å². The number of aryl methyl sites for hydroxylation is 1. The summed E-state index contributed by atoms with van der Waals surface area (Å²) in [6, 6.07) is 10.0. The summed E-state index contributed by atoms with van der Waals surface area (Å²) in [5.41, 5.74) is 3.93. The molecule has 6 heteroatoms. The third-order valence-electron chi connectivity index (χ3n) is 4.92. The number of hydrogen-bond donors (Lipinski definition) is 2. The van der Waals surface area contributed by atoms with Crippen LogP contribution in [0.1, 0.15) is 34.5 Å². The largest absolute Gasteiger partial charge is 0.361 e. The SMILES string of the molecule is Cc1ccc2c(CCNC(=O)c3ccc(N4CCCC4)nn3)c[nH]c2c1. The van der Waals surface area contributed by atoms with Gasteiger partial charge in [-0.1, -0.05) is 12.1 Å². The minimum absolute atomic E-state index is 0.179. The van der Waals surface area contributed by atoms with Gasteiger partial charge >= 0.3 is 0 Å². The molecule has 0 aliphatic carbocycles. The first-order valence-corrected chi connectivity index (χ1v) is 9.14. The zero-order chi connectivity index (χ0) is 17.9. The zero-order valence-electron chi connectivity index (χ0n) is 15.0. The van der Waals surface area contributed by atoms with E-state index in [2.05, 4.69) is 50.5 Å². The number of hydrogen-bond acceptors (Lipinski definition) is 4. The molecule has 0 saturated carbocycles. The molecule has 0 spiro atoms. The van der Waals surface area contributed by atoms with Gasteiger partial charge in [0.25, 0.3) is 5.91 Å². The average Bonchev–Trinajstić information content (AvgIpc) is 3.32. The van der Waals surface area contributed by atoms with Crippen molar-refractivity contribution in [3.8, 4) is 0 Å². The Morgan fingerprint density at radius 1 is 1.19 bits per heavy atom. The molecule has 1 aliphatic rings. The van der Waals surface area contributed by atoms with Gasteiger partial charge < -0.3 is 15.2 Å². The lowest BCUT2D eigenvalue weighted by molar-refractivity contribution is 0.0948. The molecule has 0 radical (unpaired) electrons. The van der Waals surface area contributed by atoms with Crippen molar-refractivity contribution in [2.24, 2.45) is 0 Å². The molecular formula is C20H23N5O. The number of carbonyl (C=O) groups is 1. The fraction of sp³-hybridized carbons (Fsp3) is 0.350. The van der Waals surface area contributed by atoms with E-state index in [4.69, 9.17) is 0 Å². The van der Waals surface area contributed by atoms with E-state index in [0.717, 1.165) is 30.8 Å². The van der Waals surface area contributed by atoms with Crippen LogP contribution < -0.4 is 10.2 Å². The van der Waals surface area contributed by atoms with Crippen LogP contribution in [-0.4, -0.2) is 40.7 Å². The van der Waals surface area contributed by atoms with Crippen molar-refractivity contribution in [1.29, 1.82) is 0 Å². The van der Waals surface area contributed by atoms with Gasteiger partial charge in [0.05, 0.1) is 0 Å². The van der Waals surface area contributed by atoms with Crippen LogP contribution in [-0.2, 0) is 6.42 Å². The van der Waals surface area contributed by atoms with Crippen molar-refractivity contribution >= 4 is 22.6 Å². The number of H-pyrrole nitrogens is 1. The quantitative estimate of drug-likeness (QED) is 0.743. The zero-order valence-corrected chi connectivity index (χ0v) is 15.0. The summed E-state index contributed by atoms with van der Waals surface area (Å²) in [6.45, 7) is 4.68. The molecule has 3 aromatic rings. The molecule has 134 valence electrons. The van der Waals surface area contributed by atoms with Crippen molar-refractivity contribution < 1.29 is 4.79 Å². The Kier molecular flexibility index (Phi) is 4.56. The highest BCUT2D eigenvalue weighted by Crippen LogP contribution is 2.20. The van der Waals surface area contributed by atoms with E-state index in [0.29, 0.717) is 12.2 Å². The number of aromatic nitrogens is 3. The molecule has 1 fully saturated rings. The highest BCUT2D eigenvalue weighted by Gasteiger charge is 2.15. The van der Waals surface area contributed by atoms with Crippen LogP contribution in [0, 0.1) is 6.92 Å². The summed E-state index contributed by atoms with van der Waals surface area (Å²) in [5, 5.41) is 12.4. The number of nitrogens with zero attached hydrogens (tertiary/aromatic N) is 3. The number of anilines is 1. The van der Waals surface area contributed by atoms with Crippen LogP contribution in [0.2, 0.25) is 0 Å². The molecule has 1 amide bonds. The van der Waals surface area contributed by atoms with Crippen LogP contribution in [0.4, 0.5) is 5.82 Å². The third kappa shape index (κ3) is 3.40. The molecule has 0 unspecified atom stereocenters. The summed E-state index contributed by atoms with van der Waals surface area (Å²) >= 11 is 0. The monoisotopic (exact) mass is 349 g/mol. The number of rotatable bonds is 5. The first kappa shape index (κ1) is 16.6. The van der Waals surface area contributed by atoms with Crippen LogP contribution in [0.15, 0.2) is 36.5 Å². The van der Waals surface area contributed by atoms with Crippen molar-refractivity contribution in [3.05, 3.63) is 53.3 Å². The Balaban J connectivity index is 1.34. The Morgan fingerprint density at radius 2 is 2.04 bits per heavy atom. The highest BCUT2D eigenvalue weighted by atomic mass is 16.1. The van der Waals surface area contributed by atoms with Gasteiger partial charge in [-0.2, -0.15) is 0 Å². The highest BCUT2D eigenvalue weighted by molar-refractivity contribution is 5.92. The fourth-order valence-corrected chi connectivity index (χ4v) is 3.47. The second-order valence-electron chi connectivity index (χ2n) is 6.84. The topological polar surface area (TPSA) is 73.9 Å². The van der Waals surface area contributed by atoms with E-state index in [9.17, 15) is 4.79 Å². The smallest absolute Gasteiger partial charge is 0.271 e. The molecule has 4 rings (SSSR count). The summed E-state index contributed by atoms with van der Waals surface area (Å²) < 4.78 is 0. The molecule has 1 aliphatic heterocycles. The van der Waals surface area contributed by atoms with Gasteiger partial charge in [0.1, 0.15) is 0 Å². The van der Waals surface area contributed by atoms with Crippen LogP contribution in [0.25, 0.3) is 10.9 Å². The molecule has 1 saturated heterocycles. The van der Waals surface area contributed by atoms with Gasteiger partial charge in [0.15, 0.2) is 11.5 Å². The summed E-state index contributed by atoms with van der Waals surface area (Å²) in [6.07, 6.45) is 5.17. The molecule has 1 aromatic carbocycles. The molecule has 0 bridgehead atoms. The van der Waals surface area contributed by atoms with Crippen LogP contribution in [0.5, 0.6) is 0 Å². The second kappa shape index (κ2) is 7.15. The molecule has 26 heavy (non-hydrogen) atoms. The predicted molar refractivity (Wildman–Crippen MR) is 103 cm³/mol. The molecule has 3 heterocycles. The van der Waals surface area contributed by atoms with Crippen LogP contribution in [0.3, 0.4) is 0 Å². The maximum Gasteiger partial charge on any atom is 0.271 e. The average molecular weight is 349 g/mol. The number of benzene rings is 1. The Labute approximate surface area is 152 Å². The summed E-state index contributed by atoms with van der Waals surface area (Å²) in [4.78, 5) is 17.8. The summed E-state index contributed by atoms with van der Waals surface area (Å²) in [7, 11) is 0. The van der Waals surface area contributed by atoms with Gasteiger partial charge in [-0.3, -0.25) is 4.79 Å². The van der Waals surface area contributed by atoms with Gasteiger partial charge in [-0.25, -0.2) is 0 Å². The maximum atomic E-state index is 12.3. The first-order valence-electron chi connectivity index (χ1n) is 9.14. The first-order chi connectivity index (χ1) is 12.7. The van der Waals surface area contributed by atoms with Gasteiger partial charge in [-0.15, -0.1) is 10.2 Å². The number of amides is 1. The number of carbonyl (C=O) groups excluding carboxylic acids is 1. The second-order valence-corrected chi connectivity index (χ2v) is 6.84. The molecule has 2 N–H and O–H groups in total. The van der Waals surface area contributed by atoms with Crippen molar-refractivity contribution in [1.82, 2.24) is 20.5 Å². The van der Waals surface area contributed by atoms with E-state index < -0.39 is 0 Å². The van der Waals surface area contributed by atoms with Crippen molar-refractivity contribution in [2.45, 2.75) is 26.2 Å². The maximum absolute atomic E-state index is 12.3. The van der Waals surface area contributed by atoms with Crippen molar-refractivity contribution in [3.63, 3.8) is 0 Å². The molecule has 6 nitrogen and oxygen atoms in total. The van der Waals surface area contributed by atoms with E-state index in [1.165, 1.54) is 29.4 Å². The van der Waals surface area contributed by atoms with E-state index in [1.807, 2.05) is 12.3 Å². The minimum Gasteiger partial charge on any atom is -0.361 e. The van der Waals surface area contributed by atoms with Gasteiger partial charge in [-0.05, 0) is 55.5 Å². The normalized spacial score (nSPS) is 14.1. The number of aromatic amines is 1. The third-order valence-corrected chi connectivity index (χ3v) is 4.92. The van der Waals surface area contributed by atoms with E-state index >= 15 is 0 Å². The van der Waals surface area contributed by atoms with E-state index in [1.54, 1.807) is 6.07 Å². The fourth-order valence-electron chi connectivity index (χ4n) is 3.47. The molecule has 2 aromatic heterocycles. The van der Waals surface area contributed by atoms with Gasteiger partial charge in [0.2, 0.25) is 0 Å². The lowest BCUT2D eigenvalue weighted by Gasteiger charge is -2.15. The number of fused-ring (bicyclic) bond motifs is 1. The lowest BCUT2D eigenvalue weighted by atomic mass is 10.1. The standard InChI is InChI=1S/C20H23N5O/c1-14-4-5-16-15(13-22-18(16)12-14)8-9-21-20(26)17-6-7-19(24-23-17)25-10-2-3-11-25/h4-7,12-13,22H,2-3,8-11H2,1H3,(H,21,26). The van der Waals surface area contributed by atoms with Crippen molar-refractivity contribution in [2.75, 3.05) is 24.5 Å². The summed E-state index contributed by atoms with van der Waals surface area (Å²) in [5.74, 6) is 0.675.